The summed E-state index contributed by atoms with van der Waals surface area (Å²) in [4.78, 5) is 2.61. The van der Waals surface area contributed by atoms with Gasteiger partial charge >= 0.3 is 0 Å². The van der Waals surface area contributed by atoms with E-state index in [1.807, 2.05) is 13.0 Å². The number of rotatable bonds is 5. The Kier molecular flexibility index (Phi) is 5.30. The van der Waals surface area contributed by atoms with Crippen molar-refractivity contribution in [3.8, 4) is 5.75 Å². The lowest BCUT2D eigenvalue weighted by atomic mass is 9.97. The highest BCUT2D eigenvalue weighted by atomic mass is 16.5. The fourth-order valence-electron chi connectivity index (χ4n) is 3.11. The second kappa shape index (κ2) is 6.98. The molecule has 0 aromatic heterocycles. The minimum absolute atomic E-state index is 0.579. The second-order valence-electron chi connectivity index (χ2n) is 6.10. The predicted molar refractivity (Wildman–Crippen MR) is 85.2 cm³/mol. The number of nitrogens with zero attached hydrogens (tertiary/aromatic N) is 1. The largest absolute Gasteiger partial charge is 0.492 e. The fraction of sp³-hybridized carbons (Fsp3) is 0.647. The third-order valence-corrected chi connectivity index (χ3v) is 4.22. The first kappa shape index (κ1) is 15.2. The summed E-state index contributed by atoms with van der Waals surface area (Å²) in [5.41, 5.74) is 8.10. The summed E-state index contributed by atoms with van der Waals surface area (Å²) in [6, 6.07) is 6.79. The van der Waals surface area contributed by atoms with Crippen molar-refractivity contribution >= 4 is 5.69 Å². The van der Waals surface area contributed by atoms with Gasteiger partial charge in [-0.2, -0.15) is 0 Å². The molecule has 1 aromatic carbocycles. The lowest BCUT2D eigenvalue weighted by molar-refractivity contribution is 0.138. The number of nitrogen functional groups attached to an aromatic ring is 1. The molecule has 2 rings (SSSR count). The highest BCUT2D eigenvalue weighted by Crippen LogP contribution is 2.25. The first-order valence-electron chi connectivity index (χ1n) is 7.85. The molecule has 2 atom stereocenters. The molecule has 0 radical (unpaired) electrons. The van der Waals surface area contributed by atoms with Crippen molar-refractivity contribution in [1.29, 1.82) is 0 Å². The highest BCUT2D eigenvalue weighted by molar-refractivity contribution is 5.54. The maximum Gasteiger partial charge on any atom is 0.142 e. The molecule has 20 heavy (non-hydrogen) atoms. The molecular weight excluding hydrogens is 248 g/mol. The number of hydrogen-bond acceptors (Lipinski definition) is 3. The summed E-state index contributed by atoms with van der Waals surface area (Å²) in [6.07, 6.45) is 3.76. The molecule has 2 N–H and O–H groups in total. The summed E-state index contributed by atoms with van der Waals surface area (Å²) in [5, 5.41) is 0. The van der Waals surface area contributed by atoms with Gasteiger partial charge < -0.3 is 15.4 Å². The van der Waals surface area contributed by atoms with Crippen molar-refractivity contribution in [3.63, 3.8) is 0 Å². The summed E-state index contributed by atoms with van der Waals surface area (Å²) >= 11 is 0. The van der Waals surface area contributed by atoms with Crippen molar-refractivity contribution in [2.75, 3.05) is 25.4 Å². The predicted octanol–water partition coefficient (Wildman–Crippen LogP) is 3.33. The molecule has 0 bridgehead atoms. The molecule has 0 saturated carbocycles. The Morgan fingerprint density at radius 2 is 2.25 bits per heavy atom. The van der Waals surface area contributed by atoms with Crippen LogP contribution in [0.2, 0.25) is 0 Å². The van der Waals surface area contributed by atoms with E-state index in [-0.39, 0.29) is 0 Å². The Balaban J connectivity index is 1.96. The first-order chi connectivity index (χ1) is 9.60. The maximum absolute atomic E-state index is 6.05. The quantitative estimate of drug-likeness (QED) is 0.838. The van der Waals surface area contributed by atoms with E-state index in [1.54, 1.807) is 0 Å². The fourth-order valence-corrected chi connectivity index (χ4v) is 3.11. The Labute approximate surface area is 123 Å². The molecule has 2 unspecified atom stereocenters. The summed E-state index contributed by atoms with van der Waals surface area (Å²) in [6.45, 7) is 9.78. The summed E-state index contributed by atoms with van der Waals surface area (Å²) in [5.74, 6) is 1.63. The van der Waals surface area contributed by atoms with Crippen LogP contribution in [-0.2, 0) is 6.42 Å². The molecule has 112 valence electrons. The number of anilines is 1. The van der Waals surface area contributed by atoms with Gasteiger partial charge in [-0.15, -0.1) is 0 Å². The van der Waals surface area contributed by atoms with E-state index in [9.17, 15) is 0 Å². The smallest absolute Gasteiger partial charge is 0.142 e. The van der Waals surface area contributed by atoms with Crippen LogP contribution < -0.4 is 10.5 Å². The zero-order valence-electron chi connectivity index (χ0n) is 13.1. The lowest BCUT2D eigenvalue weighted by Gasteiger charge is -2.35. The zero-order valence-corrected chi connectivity index (χ0v) is 13.1. The third-order valence-electron chi connectivity index (χ3n) is 4.22. The maximum atomic E-state index is 6.05. The van der Waals surface area contributed by atoms with Crippen LogP contribution in [0.4, 0.5) is 5.69 Å². The Morgan fingerprint density at radius 1 is 1.45 bits per heavy atom. The number of piperidine rings is 1. The molecule has 0 aliphatic carbocycles. The van der Waals surface area contributed by atoms with Crippen LogP contribution in [0.25, 0.3) is 0 Å². The van der Waals surface area contributed by atoms with Crippen molar-refractivity contribution < 1.29 is 4.74 Å². The van der Waals surface area contributed by atoms with Crippen LogP contribution >= 0.6 is 0 Å². The molecule has 1 aliphatic rings. The van der Waals surface area contributed by atoms with E-state index in [1.165, 1.54) is 31.5 Å². The number of ether oxygens (including phenoxy) is 1. The molecule has 1 aromatic rings. The van der Waals surface area contributed by atoms with Crippen LogP contribution in [0.15, 0.2) is 18.2 Å². The average molecular weight is 276 g/mol. The van der Waals surface area contributed by atoms with Crippen LogP contribution in [0.3, 0.4) is 0 Å². The third kappa shape index (κ3) is 3.89. The minimum atomic E-state index is 0.579. The van der Waals surface area contributed by atoms with E-state index in [4.69, 9.17) is 10.5 Å². The van der Waals surface area contributed by atoms with Gasteiger partial charge in [0.05, 0.1) is 12.3 Å². The molecule has 1 heterocycles. The second-order valence-corrected chi connectivity index (χ2v) is 6.10. The summed E-state index contributed by atoms with van der Waals surface area (Å²) in [7, 11) is 0. The van der Waals surface area contributed by atoms with Gasteiger partial charge in [0.15, 0.2) is 0 Å². The van der Waals surface area contributed by atoms with Gasteiger partial charge in [0.1, 0.15) is 5.75 Å². The van der Waals surface area contributed by atoms with Gasteiger partial charge in [0, 0.05) is 12.6 Å². The van der Waals surface area contributed by atoms with Crippen LogP contribution in [0.1, 0.15) is 39.2 Å². The van der Waals surface area contributed by atoms with E-state index >= 15 is 0 Å². The Morgan fingerprint density at radius 3 is 2.90 bits per heavy atom. The van der Waals surface area contributed by atoms with Crippen LogP contribution in [-0.4, -0.2) is 30.6 Å². The first-order valence-corrected chi connectivity index (χ1v) is 7.85. The molecule has 3 heteroatoms. The zero-order chi connectivity index (χ0) is 14.5. The molecule has 1 saturated heterocycles. The van der Waals surface area contributed by atoms with E-state index in [2.05, 4.69) is 30.9 Å². The van der Waals surface area contributed by atoms with Gasteiger partial charge in [0.2, 0.25) is 0 Å². The highest BCUT2D eigenvalue weighted by Gasteiger charge is 2.21. The van der Waals surface area contributed by atoms with E-state index < -0.39 is 0 Å². The number of hydrogen-bond donors (Lipinski definition) is 1. The Bertz CT molecular complexity index is 433. The molecular formula is C17H28N2O. The van der Waals surface area contributed by atoms with Gasteiger partial charge in [-0.3, -0.25) is 0 Å². The van der Waals surface area contributed by atoms with Crippen molar-refractivity contribution in [2.24, 2.45) is 5.92 Å². The van der Waals surface area contributed by atoms with Gasteiger partial charge in [-0.1, -0.05) is 13.0 Å². The normalized spacial score (nSPS) is 21.6. The SMILES string of the molecule is CCOc1ccc(CC(C)N2CCCC(C)C2)cc1N. The topological polar surface area (TPSA) is 38.5 Å². The average Bonchev–Trinajstić information content (AvgIpc) is 2.42. The summed E-state index contributed by atoms with van der Waals surface area (Å²) < 4.78 is 5.49. The van der Waals surface area contributed by atoms with Crippen molar-refractivity contribution in [1.82, 2.24) is 4.90 Å². The van der Waals surface area contributed by atoms with Gasteiger partial charge in [-0.05, 0) is 63.3 Å². The number of likely N-dealkylation sites (tertiary alicyclic amines) is 1. The molecule has 1 fully saturated rings. The number of benzene rings is 1. The monoisotopic (exact) mass is 276 g/mol. The van der Waals surface area contributed by atoms with Crippen molar-refractivity contribution in [2.45, 2.75) is 46.1 Å². The minimum Gasteiger partial charge on any atom is -0.492 e. The van der Waals surface area contributed by atoms with Crippen LogP contribution in [0, 0.1) is 5.92 Å². The molecule has 1 aliphatic heterocycles. The van der Waals surface area contributed by atoms with Crippen molar-refractivity contribution in [3.05, 3.63) is 23.8 Å². The Hall–Kier alpha value is -1.22. The number of nitrogens with two attached hydrogens (primary N) is 1. The molecule has 3 nitrogen and oxygen atoms in total. The molecule has 0 spiro atoms. The van der Waals surface area contributed by atoms with E-state index in [0.29, 0.717) is 12.6 Å². The van der Waals surface area contributed by atoms with Gasteiger partial charge in [0.25, 0.3) is 0 Å². The lowest BCUT2D eigenvalue weighted by Crippen LogP contribution is -2.41. The van der Waals surface area contributed by atoms with Crippen LogP contribution in [0.5, 0.6) is 5.75 Å². The molecule has 0 amide bonds. The van der Waals surface area contributed by atoms with Gasteiger partial charge in [-0.25, -0.2) is 0 Å². The van der Waals surface area contributed by atoms with E-state index in [0.717, 1.165) is 23.8 Å². The standard InChI is InChI=1S/C17H28N2O/c1-4-20-17-8-7-15(11-16(17)18)10-14(3)19-9-5-6-13(2)12-19/h7-8,11,13-14H,4-6,9-10,12,18H2,1-3H3.